The number of pyridine rings is 1. The third-order valence-electron chi connectivity index (χ3n) is 5.96. The zero-order valence-corrected chi connectivity index (χ0v) is 18.8. The van der Waals surface area contributed by atoms with Crippen LogP contribution in [0.2, 0.25) is 0 Å². The number of benzene rings is 1. The summed E-state index contributed by atoms with van der Waals surface area (Å²) in [5.74, 6) is -0.421. The molecule has 1 amide bonds. The number of amides is 1. The maximum Gasteiger partial charge on any atom is 0.270 e. The number of ether oxygens (including phenoxy) is 1. The molecule has 4 rings (SSSR count). The number of nitrogens with zero attached hydrogens (tertiary/aromatic N) is 3. The second kappa shape index (κ2) is 8.43. The average Bonchev–Trinajstić information content (AvgIpc) is 2.80. The third-order valence-corrected chi connectivity index (χ3v) is 5.96. The molecule has 168 valence electrons. The number of Topliss-reactive ketones (excluding diaryl/α,β-unsaturated/α-hetero) is 1. The van der Waals surface area contributed by atoms with E-state index in [2.05, 4.69) is 16.5 Å². The maximum atomic E-state index is 13.4. The Morgan fingerprint density at radius 3 is 2.67 bits per heavy atom. The molecule has 0 saturated heterocycles. The van der Waals surface area contributed by atoms with Gasteiger partial charge in [0.15, 0.2) is 5.78 Å². The van der Waals surface area contributed by atoms with Crippen molar-refractivity contribution >= 4 is 11.7 Å². The van der Waals surface area contributed by atoms with E-state index < -0.39 is 11.8 Å². The third kappa shape index (κ3) is 4.05. The molecule has 33 heavy (non-hydrogen) atoms. The molecule has 8 nitrogen and oxygen atoms in total. The summed E-state index contributed by atoms with van der Waals surface area (Å²) >= 11 is 0. The van der Waals surface area contributed by atoms with E-state index >= 15 is 0 Å². The molecule has 2 aliphatic rings. The highest BCUT2D eigenvalue weighted by atomic mass is 16.5. The van der Waals surface area contributed by atoms with Gasteiger partial charge in [0.1, 0.15) is 11.6 Å². The topological polar surface area (TPSA) is 121 Å². The highest BCUT2D eigenvalue weighted by Gasteiger charge is 2.45. The summed E-state index contributed by atoms with van der Waals surface area (Å²) < 4.78 is 5.36. The Bertz CT molecular complexity index is 1220. The molecule has 0 bridgehead atoms. The number of aromatic nitrogens is 1. The van der Waals surface area contributed by atoms with Gasteiger partial charge in [-0.2, -0.15) is 5.26 Å². The van der Waals surface area contributed by atoms with Gasteiger partial charge in [0.2, 0.25) is 0 Å². The minimum absolute atomic E-state index is 0.0718. The van der Waals surface area contributed by atoms with Crippen molar-refractivity contribution < 1.29 is 14.3 Å². The highest BCUT2D eigenvalue weighted by molar-refractivity contribution is 6.01. The van der Waals surface area contributed by atoms with Crippen molar-refractivity contribution in [2.45, 2.75) is 32.6 Å². The number of ketones is 1. The zero-order chi connectivity index (χ0) is 23.8. The summed E-state index contributed by atoms with van der Waals surface area (Å²) in [6.07, 6.45) is 3.87. The van der Waals surface area contributed by atoms with E-state index in [1.54, 1.807) is 31.4 Å². The summed E-state index contributed by atoms with van der Waals surface area (Å²) in [5, 5.41) is 11.5. The second-order valence-electron chi connectivity index (χ2n) is 8.93. The monoisotopic (exact) mass is 443 g/mol. The summed E-state index contributed by atoms with van der Waals surface area (Å²) in [5.41, 5.74) is 11.3. The van der Waals surface area contributed by atoms with E-state index in [-0.39, 0.29) is 22.6 Å². The lowest BCUT2D eigenvalue weighted by molar-refractivity contribution is -0.118. The lowest BCUT2D eigenvalue weighted by Crippen LogP contribution is -2.49. The van der Waals surface area contributed by atoms with Crippen LogP contribution >= 0.6 is 0 Å². The lowest BCUT2D eigenvalue weighted by Gasteiger charge is -2.43. The van der Waals surface area contributed by atoms with E-state index in [4.69, 9.17) is 10.5 Å². The van der Waals surface area contributed by atoms with E-state index in [0.29, 0.717) is 35.4 Å². The molecule has 0 fully saturated rings. The Hall–Kier alpha value is -4.12. The Balaban J connectivity index is 1.87. The van der Waals surface area contributed by atoms with Gasteiger partial charge in [-0.3, -0.25) is 20.0 Å². The van der Waals surface area contributed by atoms with Crippen LogP contribution in [0.15, 0.2) is 71.5 Å². The van der Waals surface area contributed by atoms with Crippen molar-refractivity contribution in [1.29, 1.82) is 5.26 Å². The first-order chi connectivity index (χ1) is 15.8. The van der Waals surface area contributed by atoms with Gasteiger partial charge >= 0.3 is 0 Å². The summed E-state index contributed by atoms with van der Waals surface area (Å²) in [4.78, 5) is 30.3. The highest BCUT2D eigenvalue weighted by Crippen LogP contribution is 2.48. The quantitative estimate of drug-likeness (QED) is 0.744. The molecule has 1 unspecified atom stereocenters. The van der Waals surface area contributed by atoms with E-state index in [1.165, 1.54) is 17.4 Å². The second-order valence-corrected chi connectivity index (χ2v) is 8.93. The predicted molar refractivity (Wildman–Crippen MR) is 121 cm³/mol. The Morgan fingerprint density at radius 1 is 1.27 bits per heavy atom. The van der Waals surface area contributed by atoms with E-state index in [1.807, 2.05) is 26.0 Å². The summed E-state index contributed by atoms with van der Waals surface area (Å²) in [6.45, 7) is 4.00. The predicted octanol–water partition coefficient (Wildman–Crippen LogP) is 3.17. The van der Waals surface area contributed by atoms with E-state index in [9.17, 15) is 14.9 Å². The lowest BCUT2D eigenvalue weighted by atomic mass is 9.69. The maximum absolute atomic E-state index is 13.4. The number of hydrogen-bond donors (Lipinski definition) is 2. The van der Waals surface area contributed by atoms with Crippen LogP contribution < -0.4 is 15.9 Å². The van der Waals surface area contributed by atoms with Crippen molar-refractivity contribution in [3.8, 4) is 11.8 Å². The standard InChI is InChI=1S/C25H25N5O3/c1-25(2)12-19-22(20(31)13-25)21(16-5-4-6-17(11-16)33-3)18(14-26)23(27)30(19)29-24(32)15-7-9-28-10-8-15/h4-11,21H,12-13,27H2,1-3H3,(H,29,32). The van der Waals surface area contributed by atoms with Crippen molar-refractivity contribution in [3.63, 3.8) is 0 Å². The molecule has 0 radical (unpaired) electrons. The van der Waals surface area contributed by atoms with Gasteiger partial charge in [-0.15, -0.1) is 0 Å². The first-order valence-electron chi connectivity index (χ1n) is 10.6. The molecular weight excluding hydrogens is 418 g/mol. The van der Waals surface area contributed by atoms with Gasteiger partial charge in [0, 0.05) is 30.0 Å². The number of carbonyl (C=O) groups is 2. The fourth-order valence-electron chi connectivity index (χ4n) is 4.46. The number of rotatable bonds is 4. The number of carbonyl (C=O) groups excluding carboxylic acids is 2. The van der Waals surface area contributed by atoms with Gasteiger partial charge in [-0.05, 0) is 41.7 Å². The van der Waals surface area contributed by atoms with Crippen molar-refractivity contribution in [1.82, 2.24) is 15.4 Å². The molecular formula is C25H25N5O3. The van der Waals surface area contributed by atoms with Crippen LogP contribution in [0.5, 0.6) is 5.75 Å². The first-order valence-corrected chi connectivity index (χ1v) is 10.6. The molecule has 1 atom stereocenters. The zero-order valence-electron chi connectivity index (χ0n) is 18.8. The molecule has 0 saturated carbocycles. The number of nitrogens with one attached hydrogen (secondary N) is 1. The van der Waals surface area contributed by atoms with Crippen LogP contribution in [-0.2, 0) is 4.79 Å². The minimum Gasteiger partial charge on any atom is -0.497 e. The SMILES string of the molecule is COc1cccc(C2C(C#N)=C(N)N(NC(=O)c3ccncc3)C3=C2C(=O)CC(C)(C)C3)c1. The Kier molecular flexibility index (Phi) is 5.64. The molecule has 0 spiro atoms. The Labute approximate surface area is 192 Å². The summed E-state index contributed by atoms with van der Waals surface area (Å²) in [7, 11) is 1.56. The number of methoxy groups -OCH3 is 1. The molecule has 3 N–H and O–H groups in total. The van der Waals surface area contributed by atoms with Crippen molar-refractivity contribution in [2.75, 3.05) is 7.11 Å². The molecule has 2 aromatic rings. The van der Waals surface area contributed by atoms with Crippen LogP contribution in [0.3, 0.4) is 0 Å². The molecule has 1 aliphatic carbocycles. The number of allylic oxidation sites excluding steroid dienone is 3. The number of hydrazine groups is 1. The molecule has 1 aromatic carbocycles. The van der Waals surface area contributed by atoms with Crippen molar-refractivity contribution in [2.24, 2.45) is 11.1 Å². The van der Waals surface area contributed by atoms with Gasteiger partial charge in [-0.1, -0.05) is 26.0 Å². The minimum atomic E-state index is -0.641. The fourth-order valence-corrected chi connectivity index (χ4v) is 4.46. The van der Waals surface area contributed by atoms with Gasteiger partial charge in [0.25, 0.3) is 5.91 Å². The van der Waals surface area contributed by atoms with Gasteiger partial charge in [0.05, 0.1) is 30.4 Å². The summed E-state index contributed by atoms with van der Waals surface area (Å²) in [6, 6.07) is 12.6. The van der Waals surface area contributed by atoms with Crippen LogP contribution in [0.1, 0.15) is 48.5 Å². The number of nitriles is 1. The van der Waals surface area contributed by atoms with Crippen molar-refractivity contribution in [3.05, 3.63) is 82.6 Å². The molecule has 2 heterocycles. The number of nitrogens with two attached hydrogens (primary N) is 1. The van der Waals surface area contributed by atoms with Crippen LogP contribution in [-0.4, -0.2) is 28.8 Å². The molecule has 1 aromatic heterocycles. The normalized spacial score (nSPS) is 19.6. The van der Waals surface area contributed by atoms with Gasteiger partial charge in [-0.25, -0.2) is 5.01 Å². The van der Waals surface area contributed by atoms with Crippen LogP contribution in [0.4, 0.5) is 0 Å². The molecule has 1 aliphatic heterocycles. The largest absolute Gasteiger partial charge is 0.497 e. The van der Waals surface area contributed by atoms with Crippen LogP contribution in [0, 0.1) is 16.7 Å². The molecule has 8 heteroatoms. The smallest absolute Gasteiger partial charge is 0.270 e. The van der Waals surface area contributed by atoms with E-state index in [0.717, 1.165) is 5.56 Å². The fraction of sp³-hybridized carbons (Fsp3) is 0.280. The van der Waals surface area contributed by atoms with Crippen LogP contribution in [0.25, 0.3) is 0 Å². The Morgan fingerprint density at radius 2 is 2.00 bits per heavy atom. The first kappa shape index (κ1) is 22.1. The number of hydrogen-bond acceptors (Lipinski definition) is 7. The van der Waals surface area contributed by atoms with Gasteiger partial charge < -0.3 is 10.5 Å². The average molecular weight is 444 g/mol.